The number of rotatable bonds is 1. The van der Waals surface area contributed by atoms with Gasteiger partial charge in [-0.1, -0.05) is 34.1 Å². The summed E-state index contributed by atoms with van der Waals surface area (Å²) >= 11 is 3.35. The van der Waals surface area contributed by atoms with Crippen LogP contribution in [0.5, 0.6) is 0 Å². The van der Waals surface area contributed by atoms with E-state index in [9.17, 15) is 4.79 Å². The Balaban J connectivity index is 1.99. The number of fused-ring (bicyclic) bond motifs is 2. The van der Waals surface area contributed by atoms with Gasteiger partial charge in [-0.25, -0.2) is 9.78 Å². The largest absolute Gasteiger partial charge is 0.436 e. The van der Waals surface area contributed by atoms with Gasteiger partial charge in [0, 0.05) is 9.86 Å². The van der Waals surface area contributed by atoms with Crippen LogP contribution in [0.4, 0.5) is 0 Å². The molecule has 0 saturated carbocycles. The molecule has 0 aliphatic carbocycles. The molecule has 0 unspecified atom stereocenters. The monoisotopic (exact) mass is 341 g/mol. The van der Waals surface area contributed by atoms with E-state index >= 15 is 0 Å². The predicted octanol–water partition coefficient (Wildman–Crippen LogP) is 4.36. The van der Waals surface area contributed by atoms with Gasteiger partial charge in [-0.05, 0) is 30.3 Å². The molecule has 0 saturated heterocycles. The number of aromatic nitrogens is 1. The van der Waals surface area contributed by atoms with Gasteiger partial charge in [0.1, 0.15) is 16.7 Å². The molecule has 2 aromatic carbocycles. The standard InChI is InChI=1S/C16H8BrNO3/c17-10-6-5-9-7-11(16(19)21-14(9)8-10)15-18-12-3-1-2-4-13(12)20-15/h1-8H. The van der Waals surface area contributed by atoms with E-state index in [1.807, 2.05) is 36.4 Å². The average Bonchev–Trinajstić information content (AvgIpc) is 2.90. The zero-order valence-electron chi connectivity index (χ0n) is 10.7. The lowest BCUT2D eigenvalue weighted by Gasteiger charge is -1.99. The van der Waals surface area contributed by atoms with Gasteiger partial charge in [0.25, 0.3) is 0 Å². The minimum Gasteiger partial charge on any atom is -0.436 e. The zero-order valence-corrected chi connectivity index (χ0v) is 12.3. The smallest absolute Gasteiger partial charge is 0.349 e. The lowest BCUT2D eigenvalue weighted by atomic mass is 10.2. The van der Waals surface area contributed by atoms with Crippen LogP contribution in [-0.2, 0) is 0 Å². The van der Waals surface area contributed by atoms with Crippen LogP contribution >= 0.6 is 15.9 Å². The van der Waals surface area contributed by atoms with Crippen molar-refractivity contribution in [3.8, 4) is 11.5 Å². The number of oxazole rings is 1. The second-order valence-corrected chi connectivity index (χ2v) is 5.53. The minimum absolute atomic E-state index is 0.273. The fraction of sp³-hybridized carbons (Fsp3) is 0. The van der Waals surface area contributed by atoms with Gasteiger partial charge in [-0.15, -0.1) is 0 Å². The number of para-hydroxylation sites is 2. The Morgan fingerprint density at radius 3 is 2.67 bits per heavy atom. The van der Waals surface area contributed by atoms with Gasteiger partial charge in [0.2, 0.25) is 5.89 Å². The van der Waals surface area contributed by atoms with Crippen LogP contribution in [0.15, 0.2) is 66.6 Å². The summed E-state index contributed by atoms with van der Waals surface area (Å²) in [5.41, 5.74) is 1.73. The summed E-state index contributed by atoms with van der Waals surface area (Å²) < 4.78 is 11.8. The first-order valence-electron chi connectivity index (χ1n) is 6.30. The number of benzene rings is 2. The zero-order chi connectivity index (χ0) is 14.4. The number of hydrogen-bond acceptors (Lipinski definition) is 4. The Bertz CT molecular complexity index is 999. The van der Waals surface area contributed by atoms with E-state index in [0.717, 1.165) is 9.86 Å². The van der Waals surface area contributed by atoms with E-state index in [1.54, 1.807) is 12.1 Å². The van der Waals surface area contributed by atoms with Crippen LogP contribution in [0.3, 0.4) is 0 Å². The molecule has 21 heavy (non-hydrogen) atoms. The molecule has 4 nitrogen and oxygen atoms in total. The molecule has 0 fully saturated rings. The van der Waals surface area contributed by atoms with Crippen LogP contribution in [-0.4, -0.2) is 4.98 Å². The first kappa shape index (κ1) is 12.3. The van der Waals surface area contributed by atoms with Gasteiger partial charge in [-0.2, -0.15) is 0 Å². The van der Waals surface area contributed by atoms with Crippen molar-refractivity contribution in [2.24, 2.45) is 0 Å². The third-order valence-corrected chi connectivity index (χ3v) is 3.72. The molecular formula is C16H8BrNO3. The molecule has 4 rings (SSSR count). The second kappa shape index (κ2) is 4.56. The summed E-state index contributed by atoms with van der Waals surface area (Å²) in [4.78, 5) is 16.5. The van der Waals surface area contributed by atoms with Crippen LogP contribution < -0.4 is 5.63 Å². The molecular weight excluding hydrogens is 334 g/mol. The maximum atomic E-state index is 12.1. The molecule has 0 bridgehead atoms. The van der Waals surface area contributed by atoms with Crippen molar-refractivity contribution in [1.82, 2.24) is 4.98 Å². The van der Waals surface area contributed by atoms with Crippen molar-refractivity contribution in [1.29, 1.82) is 0 Å². The Labute approximate surface area is 127 Å². The van der Waals surface area contributed by atoms with Gasteiger partial charge >= 0.3 is 5.63 Å². The molecule has 2 aromatic heterocycles. The molecule has 5 heteroatoms. The highest BCUT2D eigenvalue weighted by molar-refractivity contribution is 9.10. The van der Waals surface area contributed by atoms with Crippen molar-refractivity contribution in [3.05, 3.63) is 63.4 Å². The van der Waals surface area contributed by atoms with Gasteiger partial charge in [-0.3, -0.25) is 0 Å². The quantitative estimate of drug-likeness (QED) is 0.482. The maximum Gasteiger partial charge on any atom is 0.349 e. The van der Waals surface area contributed by atoms with Crippen LogP contribution in [0, 0.1) is 0 Å². The number of hydrogen-bond donors (Lipinski definition) is 0. The molecule has 0 spiro atoms. The molecule has 0 amide bonds. The third kappa shape index (κ3) is 2.06. The maximum absolute atomic E-state index is 12.1. The first-order chi connectivity index (χ1) is 10.2. The minimum atomic E-state index is -0.466. The van der Waals surface area contributed by atoms with Crippen molar-refractivity contribution in [2.45, 2.75) is 0 Å². The fourth-order valence-electron chi connectivity index (χ4n) is 2.22. The number of nitrogens with zero attached hydrogens (tertiary/aromatic N) is 1. The summed E-state index contributed by atoms with van der Waals surface area (Å²) in [6.07, 6.45) is 0. The van der Waals surface area contributed by atoms with E-state index in [2.05, 4.69) is 20.9 Å². The van der Waals surface area contributed by atoms with Gasteiger partial charge in [0.15, 0.2) is 5.58 Å². The Kier molecular flexibility index (Phi) is 2.68. The molecule has 2 heterocycles. The summed E-state index contributed by atoms with van der Waals surface area (Å²) in [6, 6.07) is 14.6. The molecule has 0 radical (unpaired) electrons. The number of halogens is 1. The Morgan fingerprint density at radius 1 is 0.952 bits per heavy atom. The van der Waals surface area contributed by atoms with Gasteiger partial charge in [0.05, 0.1) is 0 Å². The summed E-state index contributed by atoms with van der Waals surface area (Å²) in [6.45, 7) is 0. The van der Waals surface area contributed by atoms with Crippen molar-refractivity contribution < 1.29 is 8.83 Å². The van der Waals surface area contributed by atoms with E-state index in [1.165, 1.54) is 0 Å². The molecule has 102 valence electrons. The summed E-state index contributed by atoms with van der Waals surface area (Å²) in [7, 11) is 0. The van der Waals surface area contributed by atoms with E-state index < -0.39 is 5.63 Å². The lowest BCUT2D eigenvalue weighted by molar-refractivity contribution is 0.553. The average molecular weight is 342 g/mol. The van der Waals surface area contributed by atoms with Gasteiger partial charge < -0.3 is 8.83 Å². The topological polar surface area (TPSA) is 56.2 Å². The highest BCUT2D eigenvalue weighted by Crippen LogP contribution is 2.25. The van der Waals surface area contributed by atoms with E-state index in [0.29, 0.717) is 22.2 Å². The van der Waals surface area contributed by atoms with Crippen LogP contribution in [0.1, 0.15) is 0 Å². The molecule has 4 aromatic rings. The Hall–Kier alpha value is -2.40. The van der Waals surface area contributed by atoms with E-state index in [4.69, 9.17) is 8.83 Å². The predicted molar refractivity (Wildman–Crippen MR) is 83.2 cm³/mol. The highest BCUT2D eigenvalue weighted by Gasteiger charge is 2.14. The first-order valence-corrected chi connectivity index (χ1v) is 7.09. The highest BCUT2D eigenvalue weighted by atomic mass is 79.9. The SMILES string of the molecule is O=c1oc2cc(Br)ccc2cc1-c1nc2ccccc2o1. The Morgan fingerprint density at radius 2 is 1.81 bits per heavy atom. The van der Waals surface area contributed by atoms with Crippen molar-refractivity contribution in [2.75, 3.05) is 0 Å². The molecule has 0 atom stereocenters. The lowest BCUT2D eigenvalue weighted by Crippen LogP contribution is -2.02. The molecule has 0 aliphatic rings. The summed E-state index contributed by atoms with van der Waals surface area (Å²) in [5, 5.41) is 0.815. The summed E-state index contributed by atoms with van der Waals surface area (Å²) in [5.74, 6) is 0.273. The fourth-order valence-corrected chi connectivity index (χ4v) is 2.56. The molecule has 0 N–H and O–H groups in total. The molecule has 0 aliphatic heterocycles. The van der Waals surface area contributed by atoms with Crippen LogP contribution in [0.2, 0.25) is 0 Å². The van der Waals surface area contributed by atoms with Crippen LogP contribution in [0.25, 0.3) is 33.5 Å². The van der Waals surface area contributed by atoms with E-state index in [-0.39, 0.29) is 5.89 Å². The van der Waals surface area contributed by atoms with Crippen molar-refractivity contribution >= 4 is 38.0 Å². The second-order valence-electron chi connectivity index (χ2n) is 4.62. The van der Waals surface area contributed by atoms with Crippen molar-refractivity contribution in [3.63, 3.8) is 0 Å². The third-order valence-electron chi connectivity index (χ3n) is 3.22. The normalized spacial score (nSPS) is 11.3.